The van der Waals surface area contributed by atoms with E-state index >= 15 is 0 Å². The maximum absolute atomic E-state index is 12.8. The van der Waals surface area contributed by atoms with E-state index < -0.39 is 0 Å². The number of carbonyl (C=O) groups excluding carboxylic acids is 1. The normalized spacial score (nSPS) is 50.2. The van der Waals surface area contributed by atoms with Crippen molar-refractivity contribution in [1.29, 1.82) is 0 Å². The topological polar surface area (TPSA) is 68.2 Å². The van der Waals surface area contributed by atoms with Gasteiger partial charge in [0.1, 0.15) is 0 Å². The molecule has 42 heavy (non-hydrogen) atoms. The third kappa shape index (κ3) is 4.42. The van der Waals surface area contributed by atoms with Gasteiger partial charge in [-0.15, -0.1) is 0 Å². The van der Waals surface area contributed by atoms with Crippen LogP contribution < -0.4 is 0 Å². The summed E-state index contributed by atoms with van der Waals surface area (Å²) in [5.74, 6) is 4.29. The summed E-state index contributed by atoms with van der Waals surface area (Å²) in [4.78, 5) is 14.8. The number of rotatable bonds is 5. The summed E-state index contributed by atoms with van der Waals surface area (Å²) in [5, 5.41) is 7.00. The summed E-state index contributed by atoms with van der Waals surface area (Å²) in [6.07, 6.45) is 19.1. The first-order valence-corrected chi connectivity index (χ1v) is 17.9. The SMILES string of the molecule is CCC1CC[C@H]2C(CC3C4CCC5C(C)(C)C(OC6CN(C(=O)CC7CC7)CCO6)CCC56CC46CCC32C)O1.CO. The summed E-state index contributed by atoms with van der Waals surface area (Å²) in [5.41, 5.74) is 1.79. The molecule has 0 aromatic rings. The van der Waals surface area contributed by atoms with Crippen molar-refractivity contribution in [3.05, 3.63) is 0 Å². The van der Waals surface area contributed by atoms with Crippen LogP contribution in [-0.4, -0.2) is 67.3 Å². The van der Waals surface area contributed by atoms with Crippen LogP contribution in [0, 0.1) is 51.2 Å². The molecule has 238 valence electrons. The number of ether oxygens (including phenoxy) is 3. The average molecular weight is 586 g/mol. The molecule has 2 aliphatic heterocycles. The van der Waals surface area contributed by atoms with Gasteiger partial charge in [-0.05, 0) is 135 Å². The van der Waals surface area contributed by atoms with Crippen LogP contribution >= 0.6 is 0 Å². The van der Waals surface area contributed by atoms with Crippen molar-refractivity contribution in [2.75, 3.05) is 26.8 Å². The number of carbonyl (C=O) groups is 1. The second-order valence-corrected chi connectivity index (χ2v) is 16.7. The van der Waals surface area contributed by atoms with Gasteiger partial charge >= 0.3 is 0 Å². The van der Waals surface area contributed by atoms with Gasteiger partial charge in [0.15, 0.2) is 6.29 Å². The molecule has 0 aromatic heterocycles. The quantitative estimate of drug-likeness (QED) is 0.395. The molecule has 6 nitrogen and oxygen atoms in total. The molecule has 11 atom stereocenters. The monoisotopic (exact) mass is 585 g/mol. The molecule has 2 heterocycles. The second kappa shape index (κ2) is 10.7. The molecule has 0 bridgehead atoms. The van der Waals surface area contributed by atoms with Crippen molar-refractivity contribution >= 4 is 5.91 Å². The maximum Gasteiger partial charge on any atom is 0.223 e. The summed E-state index contributed by atoms with van der Waals surface area (Å²) in [7, 11) is 1.00. The number of fused-ring (bicyclic) bond motifs is 4. The zero-order chi connectivity index (χ0) is 29.5. The lowest BCUT2D eigenvalue weighted by Gasteiger charge is -2.60. The lowest BCUT2D eigenvalue weighted by Crippen LogP contribution is -2.56. The molecule has 0 aromatic carbocycles. The van der Waals surface area contributed by atoms with Crippen molar-refractivity contribution < 1.29 is 24.1 Å². The molecule has 0 radical (unpaired) electrons. The van der Waals surface area contributed by atoms with Crippen LogP contribution in [0.1, 0.15) is 118 Å². The Kier molecular flexibility index (Phi) is 7.64. The average Bonchev–Trinajstić information content (AvgIpc) is 3.91. The van der Waals surface area contributed by atoms with Crippen molar-refractivity contribution in [3.8, 4) is 0 Å². The Bertz CT molecular complexity index is 1030. The van der Waals surface area contributed by atoms with E-state index in [0.29, 0.717) is 53.4 Å². The summed E-state index contributed by atoms with van der Waals surface area (Å²) >= 11 is 0. The van der Waals surface area contributed by atoms with E-state index in [1.54, 1.807) is 0 Å². The van der Waals surface area contributed by atoms with Gasteiger partial charge in [0.05, 0.1) is 31.5 Å². The van der Waals surface area contributed by atoms with Crippen molar-refractivity contribution in [1.82, 2.24) is 4.90 Å². The van der Waals surface area contributed by atoms with Crippen LogP contribution in [0.4, 0.5) is 0 Å². The van der Waals surface area contributed by atoms with E-state index in [9.17, 15) is 4.79 Å². The Morgan fingerprint density at radius 1 is 0.929 bits per heavy atom. The third-order valence-corrected chi connectivity index (χ3v) is 14.9. The molecule has 1 amide bonds. The number of hydrogen-bond donors (Lipinski definition) is 1. The number of aliphatic hydroxyl groups is 1. The number of hydrogen-bond acceptors (Lipinski definition) is 5. The largest absolute Gasteiger partial charge is 0.400 e. The first-order valence-electron chi connectivity index (χ1n) is 17.9. The van der Waals surface area contributed by atoms with Crippen LogP contribution in [0.5, 0.6) is 0 Å². The zero-order valence-electron chi connectivity index (χ0n) is 27.2. The van der Waals surface area contributed by atoms with E-state index in [0.717, 1.165) is 50.2 Å². The highest BCUT2D eigenvalue weighted by molar-refractivity contribution is 5.76. The minimum atomic E-state index is -0.260. The zero-order valence-corrected chi connectivity index (χ0v) is 27.2. The van der Waals surface area contributed by atoms with Crippen molar-refractivity contribution in [2.45, 2.75) is 142 Å². The highest BCUT2D eigenvalue weighted by Crippen LogP contribution is 2.87. The molecule has 6 aliphatic carbocycles. The van der Waals surface area contributed by atoms with E-state index in [2.05, 4.69) is 27.7 Å². The van der Waals surface area contributed by atoms with Gasteiger partial charge in [0.2, 0.25) is 5.91 Å². The van der Waals surface area contributed by atoms with E-state index in [-0.39, 0.29) is 17.8 Å². The molecule has 10 unspecified atom stereocenters. The lowest BCUT2D eigenvalue weighted by molar-refractivity contribution is -0.244. The van der Waals surface area contributed by atoms with E-state index in [1.165, 1.54) is 77.0 Å². The summed E-state index contributed by atoms with van der Waals surface area (Å²) in [6, 6.07) is 0. The molecule has 2 spiro atoms. The summed E-state index contributed by atoms with van der Waals surface area (Å²) in [6.45, 7) is 12.0. The van der Waals surface area contributed by atoms with Gasteiger partial charge in [-0.25, -0.2) is 0 Å². The number of morpholine rings is 1. The van der Waals surface area contributed by atoms with Gasteiger partial charge in [0.25, 0.3) is 0 Å². The summed E-state index contributed by atoms with van der Waals surface area (Å²) < 4.78 is 19.7. The van der Waals surface area contributed by atoms with Crippen LogP contribution in [0.3, 0.4) is 0 Å². The van der Waals surface area contributed by atoms with Gasteiger partial charge < -0.3 is 24.2 Å². The molecule has 8 rings (SSSR count). The standard InChI is InChI=1S/C35H55NO4.CH4O/c1-5-23-8-9-25-27(39-23)19-26-24-10-11-28-32(2,3)29(12-13-35(28)21-34(24,35)15-14-33(25,26)4)40-31-20-36(16-17-38-31)30(37)18-22-6-7-22;1-2/h22-29,31H,5-21H2,1-4H3;2H,1H3/t23?,24?,25-,26?,27?,28?,29?,31?,33?,34?,35?;/m0./s1. The third-order valence-electron chi connectivity index (χ3n) is 14.9. The fourth-order valence-corrected chi connectivity index (χ4v) is 12.6. The first-order chi connectivity index (χ1) is 20.2. The molecular formula is C36H59NO5. The number of aliphatic hydroxyl groups excluding tert-OH is 1. The van der Waals surface area contributed by atoms with E-state index in [4.69, 9.17) is 19.3 Å². The van der Waals surface area contributed by atoms with Gasteiger partial charge in [0, 0.05) is 20.1 Å². The molecule has 6 heteroatoms. The van der Waals surface area contributed by atoms with Crippen LogP contribution in [0.2, 0.25) is 0 Å². The predicted octanol–water partition coefficient (Wildman–Crippen LogP) is 6.58. The Labute approximate surface area is 255 Å². The smallest absolute Gasteiger partial charge is 0.223 e. The molecule has 8 aliphatic rings. The number of amides is 1. The Morgan fingerprint density at radius 2 is 1.71 bits per heavy atom. The minimum absolute atomic E-state index is 0.151. The van der Waals surface area contributed by atoms with Gasteiger partial charge in [-0.3, -0.25) is 4.79 Å². The molecule has 8 fully saturated rings. The minimum Gasteiger partial charge on any atom is -0.400 e. The van der Waals surface area contributed by atoms with Crippen molar-refractivity contribution in [2.24, 2.45) is 51.2 Å². The Hall–Kier alpha value is -0.690. The lowest BCUT2D eigenvalue weighted by atomic mass is 9.46. The fraction of sp³-hybridized carbons (Fsp3) is 0.972. The maximum atomic E-state index is 12.8. The molecule has 1 N–H and O–H groups in total. The fourth-order valence-electron chi connectivity index (χ4n) is 12.6. The van der Waals surface area contributed by atoms with Crippen molar-refractivity contribution in [3.63, 3.8) is 0 Å². The van der Waals surface area contributed by atoms with E-state index in [1.807, 2.05) is 4.90 Å². The van der Waals surface area contributed by atoms with Crippen LogP contribution in [-0.2, 0) is 19.0 Å². The molecule has 6 saturated carbocycles. The first kappa shape index (κ1) is 30.0. The highest BCUT2D eigenvalue weighted by atomic mass is 16.7. The van der Waals surface area contributed by atoms with Crippen LogP contribution in [0.25, 0.3) is 0 Å². The van der Waals surface area contributed by atoms with Crippen LogP contribution in [0.15, 0.2) is 0 Å². The number of nitrogens with zero attached hydrogens (tertiary/aromatic N) is 1. The van der Waals surface area contributed by atoms with Gasteiger partial charge in [-0.1, -0.05) is 27.7 Å². The van der Waals surface area contributed by atoms with Gasteiger partial charge in [-0.2, -0.15) is 0 Å². The highest BCUT2D eigenvalue weighted by Gasteiger charge is 2.80. The molecule has 2 saturated heterocycles. The second-order valence-electron chi connectivity index (χ2n) is 16.7. The predicted molar refractivity (Wildman–Crippen MR) is 163 cm³/mol. The molecular weight excluding hydrogens is 526 g/mol. The Balaban J connectivity index is 0.00000141. The Morgan fingerprint density at radius 3 is 2.48 bits per heavy atom.